The summed E-state index contributed by atoms with van der Waals surface area (Å²) in [5.74, 6) is 5.64. The van der Waals surface area contributed by atoms with Crippen LogP contribution in [-0.4, -0.2) is 24.5 Å². The van der Waals surface area contributed by atoms with Gasteiger partial charge in [-0.3, -0.25) is 10.5 Å². The molecule has 6 nitrogen and oxygen atoms in total. The van der Waals surface area contributed by atoms with Crippen molar-refractivity contribution in [3.8, 4) is 0 Å². The largest absolute Gasteiger partial charge is 0.272 e. The van der Waals surface area contributed by atoms with Gasteiger partial charge >= 0.3 is 0 Å². The zero-order valence-electron chi connectivity index (χ0n) is 12.2. The Morgan fingerprint density at radius 3 is 2.48 bits per heavy atom. The van der Waals surface area contributed by atoms with E-state index >= 15 is 0 Å². The van der Waals surface area contributed by atoms with Crippen molar-refractivity contribution in [3.05, 3.63) is 47.8 Å². The topological polar surface area (TPSA) is 90.0 Å². The van der Waals surface area contributed by atoms with E-state index in [4.69, 9.17) is 5.84 Å². The molecule has 114 valence electrons. The summed E-state index contributed by atoms with van der Waals surface area (Å²) in [4.78, 5) is 0.295. The molecular weight excluding hydrogens is 288 g/mol. The predicted molar refractivity (Wildman–Crippen MR) is 81.2 cm³/mol. The Morgan fingerprint density at radius 1 is 1.29 bits per heavy atom. The second-order valence-corrected chi connectivity index (χ2v) is 6.99. The summed E-state index contributed by atoms with van der Waals surface area (Å²) in [6.07, 6.45) is 5.91. The fraction of sp³-hybridized carbons (Fsp3) is 0.357. The third-order valence-corrected chi connectivity index (χ3v) is 4.38. The number of benzene rings is 1. The second kappa shape index (κ2) is 6.38. The van der Waals surface area contributed by atoms with Crippen molar-refractivity contribution >= 4 is 9.84 Å². The van der Waals surface area contributed by atoms with Crippen LogP contribution in [0.4, 0.5) is 0 Å². The van der Waals surface area contributed by atoms with Gasteiger partial charge in [-0.1, -0.05) is 19.1 Å². The highest BCUT2D eigenvalue weighted by Crippen LogP contribution is 2.22. The maximum absolute atomic E-state index is 11.5. The van der Waals surface area contributed by atoms with E-state index in [1.807, 2.05) is 10.9 Å². The number of hydrazine groups is 1. The lowest BCUT2D eigenvalue weighted by molar-refractivity contribution is 0.597. The van der Waals surface area contributed by atoms with Crippen molar-refractivity contribution in [3.63, 3.8) is 0 Å². The molecule has 2 rings (SSSR count). The van der Waals surface area contributed by atoms with Gasteiger partial charge < -0.3 is 0 Å². The van der Waals surface area contributed by atoms with Gasteiger partial charge in [0.15, 0.2) is 9.84 Å². The number of nitrogens with one attached hydrogen (secondary N) is 1. The van der Waals surface area contributed by atoms with Gasteiger partial charge in [0.05, 0.1) is 17.1 Å². The van der Waals surface area contributed by atoms with Crippen LogP contribution in [-0.2, 0) is 16.4 Å². The zero-order chi connectivity index (χ0) is 15.5. The van der Waals surface area contributed by atoms with Crippen LogP contribution in [0.3, 0.4) is 0 Å². The Hall–Kier alpha value is -1.70. The average Bonchev–Trinajstić information content (AvgIpc) is 2.88. The van der Waals surface area contributed by atoms with Crippen molar-refractivity contribution in [2.24, 2.45) is 5.84 Å². The summed E-state index contributed by atoms with van der Waals surface area (Å²) in [5, 5.41) is 4.28. The van der Waals surface area contributed by atoms with Crippen LogP contribution in [0.15, 0.2) is 41.6 Å². The molecule has 1 aromatic heterocycles. The number of nitrogens with two attached hydrogens (primary N) is 1. The van der Waals surface area contributed by atoms with Gasteiger partial charge in [0.1, 0.15) is 0 Å². The summed E-state index contributed by atoms with van der Waals surface area (Å²) in [6, 6.07) is 6.48. The number of aryl methyl sites for hydroxylation is 1. The second-order valence-electron chi connectivity index (χ2n) is 4.98. The van der Waals surface area contributed by atoms with Gasteiger partial charge in [-0.15, -0.1) is 0 Å². The van der Waals surface area contributed by atoms with Crippen LogP contribution in [0.25, 0.3) is 0 Å². The minimum atomic E-state index is -3.19. The molecule has 21 heavy (non-hydrogen) atoms. The monoisotopic (exact) mass is 308 g/mol. The summed E-state index contributed by atoms with van der Waals surface area (Å²) in [6.45, 7) is 2.94. The third-order valence-electron chi connectivity index (χ3n) is 3.25. The maximum Gasteiger partial charge on any atom is 0.175 e. The molecule has 0 saturated carbocycles. The number of aromatic nitrogens is 2. The molecule has 7 heteroatoms. The van der Waals surface area contributed by atoms with E-state index in [1.165, 1.54) is 6.26 Å². The van der Waals surface area contributed by atoms with Crippen molar-refractivity contribution in [2.45, 2.75) is 30.8 Å². The Morgan fingerprint density at radius 2 is 1.95 bits per heavy atom. The highest BCUT2D eigenvalue weighted by molar-refractivity contribution is 7.90. The molecule has 3 N–H and O–H groups in total. The minimum absolute atomic E-state index is 0.218. The van der Waals surface area contributed by atoms with Crippen LogP contribution < -0.4 is 11.3 Å². The van der Waals surface area contributed by atoms with E-state index in [1.54, 1.807) is 30.5 Å². The van der Waals surface area contributed by atoms with Gasteiger partial charge in [0, 0.05) is 24.6 Å². The number of sulfone groups is 1. The van der Waals surface area contributed by atoms with Crippen molar-refractivity contribution in [1.82, 2.24) is 15.2 Å². The highest BCUT2D eigenvalue weighted by Gasteiger charge is 2.15. The molecule has 0 radical (unpaired) electrons. The van der Waals surface area contributed by atoms with Gasteiger partial charge in [0.2, 0.25) is 0 Å². The van der Waals surface area contributed by atoms with E-state index in [2.05, 4.69) is 17.4 Å². The lowest BCUT2D eigenvalue weighted by Crippen LogP contribution is -2.28. The van der Waals surface area contributed by atoms with E-state index in [0.717, 1.165) is 24.1 Å². The Balaban J connectivity index is 2.28. The first-order valence-corrected chi connectivity index (χ1v) is 8.63. The summed E-state index contributed by atoms with van der Waals surface area (Å²) >= 11 is 0. The normalized spacial score (nSPS) is 13.3. The van der Waals surface area contributed by atoms with Gasteiger partial charge in [-0.2, -0.15) is 5.10 Å². The Bertz CT molecular complexity index is 692. The number of hydrogen-bond donors (Lipinski definition) is 2. The molecule has 0 amide bonds. The molecule has 2 aromatic rings. The standard InChI is InChI=1S/C14H20N4O2S/c1-3-8-18-10-12(9-16-18)14(17-15)11-4-6-13(7-5-11)21(2,19)20/h4-7,9-10,14,17H,3,8,15H2,1-2H3. The first-order chi connectivity index (χ1) is 9.95. The zero-order valence-corrected chi connectivity index (χ0v) is 13.0. The first-order valence-electron chi connectivity index (χ1n) is 6.74. The number of nitrogens with zero attached hydrogens (tertiary/aromatic N) is 2. The lowest BCUT2D eigenvalue weighted by atomic mass is 10.0. The van der Waals surface area contributed by atoms with E-state index in [-0.39, 0.29) is 6.04 Å². The average molecular weight is 308 g/mol. The molecule has 0 aliphatic rings. The number of hydrogen-bond acceptors (Lipinski definition) is 5. The van der Waals surface area contributed by atoms with E-state index in [0.29, 0.717) is 4.90 Å². The SMILES string of the molecule is CCCn1cc(C(NN)c2ccc(S(C)(=O)=O)cc2)cn1. The lowest BCUT2D eigenvalue weighted by Gasteiger charge is -2.15. The van der Waals surface area contributed by atoms with Crippen LogP contribution in [0.2, 0.25) is 0 Å². The smallest absolute Gasteiger partial charge is 0.175 e. The van der Waals surface area contributed by atoms with E-state index in [9.17, 15) is 8.42 Å². The maximum atomic E-state index is 11.5. The van der Waals surface area contributed by atoms with Crippen LogP contribution in [0.1, 0.15) is 30.5 Å². The minimum Gasteiger partial charge on any atom is -0.272 e. The molecule has 0 aliphatic carbocycles. The molecule has 1 atom stereocenters. The summed E-state index contributed by atoms with van der Waals surface area (Å²) in [7, 11) is -3.19. The van der Waals surface area contributed by atoms with Crippen LogP contribution in [0.5, 0.6) is 0 Å². The molecule has 1 heterocycles. The van der Waals surface area contributed by atoms with Crippen molar-refractivity contribution < 1.29 is 8.42 Å². The summed E-state index contributed by atoms with van der Waals surface area (Å²) in [5.41, 5.74) is 4.58. The first kappa shape index (κ1) is 15.7. The van der Waals surface area contributed by atoms with Gasteiger partial charge in [0.25, 0.3) is 0 Å². The van der Waals surface area contributed by atoms with Gasteiger partial charge in [-0.25, -0.2) is 13.8 Å². The fourth-order valence-corrected chi connectivity index (χ4v) is 2.80. The molecule has 0 spiro atoms. The van der Waals surface area contributed by atoms with E-state index < -0.39 is 9.84 Å². The molecule has 0 aliphatic heterocycles. The molecule has 1 aromatic carbocycles. The predicted octanol–water partition coefficient (Wildman–Crippen LogP) is 1.25. The highest BCUT2D eigenvalue weighted by atomic mass is 32.2. The molecule has 0 bridgehead atoms. The van der Waals surface area contributed by atoms with Gasteiger partial charge in [-0.05, 0) is 24.1 Å². The van der Waals surface area contributed by atoms with Crippen molar-refractivity contribution in [1.29, 1.82) is 0 Å². The summed E-state index contributed by atoms with van der Waals surface area (Å²) < 4.78 is 24.8. The Labute approximate surface area is 124 Å². The number of rotatable bonds is 6. The Kier molecular flexibility index (Phi) is 4.76. The third kappa shape index (κ3) is 3.69. The van der Waals surface area contributed by atoms with Crippen LogP contribution in [0, 0.1) is 0 Å². The fourth-order valence-electron chi connectivity index (χ4n) is 2.17. The molecule has 0 fully saturated rings. The molecule has 0 saturated heterocycles. The van der Waals surface area contributed by atoms with Crippen LogP contribution >= 0.6 is 0 Å². The quantitative estimate of drug-likeness (QED) is 0.619. The molecule has 1 unspecified atom stereocenters. The van der Waals surface area contributed by atoms with Crippen molar-refractivity contribution in [2.75, 3.05) is 6.26 Å². The molecular formula is C14H20N4O2S.